The SMILES string of the molecule is CC1=C(C(=O)Nc2cccc(F)c2)[C@@H](c2cccc(Cl)c2)C2=C(CCCC2=O)N1. The summed E-state index contributed by atoms with van der Waals surface area (Å²) in [5, 5.41) is 6.56. The number of hydrogen-bond acceptors (Lipinski definition) is 3. The molecule has 0 unspecified atom stereocenters. The number of dihydropyridines is 1. The fraction of sp³-hybridized carbons (Fsp3) is 0.217. The Kier molecular flexibility index (Phi) is 5.24. The first-order valence-corrected chi connectivity index (χ1v) is 9.88. The topological polar surface area (TPSA) is 58.2 Å². The molecule has 1 heterocycles. The number of nitrogens with one attached hydrogen (secondary N) is 2. The second-order valence-electron chi connectivity index (χ2n) is 7.29. The van der Waals surface area contributed by atoms with Crippen molar-refractivity contribution in [3.8, 4) is 0 Å². The molecule has 0 fully saturated rings. The van der Waals surface area contributed by atoms with Crippen LogP contribution in [0.3, 0.4) is 0 Å². The molecule has 0 saturated carbocycles. The van der Waals surface area contributed by atoms with Gasteiger partial charge in [0, 0.05) is 45.6 Å². The zero-order valence-corrected chi connectivity index (χ0v) is 16.6. The molecule has 2 aliphatic rings. The molecule has 4 nitrogen and oxygen atoms in total. The van der Waals surface area contributed by atoms with Crippen LogP contribution in [0.4, 0.5) is 10.1 Å². The molecule has 4 rings (SSSR count). The maximum atomic E-state index is 13.6. The van der Waals surface area contributed by atoms with Crippen molar-refractivity contribution in [1.82, 2.24) is 5.32 Å². The van der Waals surface area contributed by atoms with E-state index in [1.165, 1.54) is 18.2 Å². The summed E-state index contributed by atoms with van der Waals surface area (Å²) < 4.78 is 13.6. The van der Waals surface area contributed by atoms with Gasteiger partial charge in [-0.15, -0.1) is 0 Å². The summed E-state index contributed by atoms with van der Waals surface area (Å²) in [5.41, 5.74) is 3.74. The molecule has 0 radical (unpaired) electrons. The number of allylic oxidation sites excluding steroid dienone is 3. The first-order valence-electron chi connectivity index (χ1n) is 9.50. The van der Waals surface area contributed by atoms with Crippen LogP contribution in [0.2, 0.25) is 5.02 Å². The van der Waals surface area contributed by atoms with Gasteiger partial charge in [0.05, 0.1) is 0 Å². The maximum absolute atomic E-state index is 13.6. The van der Waals surface area contributed by atoms with Crippen molar-refractivity contribution in [1.29, 1.82) is 0 Å². The molecule has 0 saturated heterocycles. The molecule has 2 aromatic rings. The minimum atomic E-state index is -0.522. The van der Waals surface area contributed by atoms with Crippen LogP contribution in [-0.4, -0.2) is 11.7 Å². The number of anilines is 1. The number of ketones is 1. The molecule has 29 heavy (non-hydrogen) atoms. The normalized spacial score (nSPS) is 19.0. The van der Waals surface area contributed by atoms with E-state index in [1.54, 1.807) is 18.2 Å². The number of hydrogen-bond donors (Lipinski definition) is 2. The zero-order chi connectivity index (χ0) is 20.5. The minimum absolute atomic E-state index is 0.0345. The summed E-state index contributed by atoms with van der Waals surface area (Å²) in [6.07, 6.45) is 1.99. The van der Waals surface area contributed by atoms with E-state index in [0.717, 1.165) is 24.1 Å². The van der Waals surface area contributed by atoms with Crippen molar-refractivity contribution in [2.75, 3.05) is 5.32 Å². The number of halogens is 2. The average Bonchev–Trinajstić information content (AvgIpc) is 2.67. The largest absolute Gasteiger partial charge is 0.362 e. The second-order valence-corrected chi connectivity index (χ2v) is 7.72. The van der Waals surface area contributed by atoms with Crippen LogP contribution in [0.5, 0.6) is 0 Å². The number of carbonyl (C=O) groups excluding carboxylic acids is 2. The fourth-order valence-corrected chi connectivity index (χ4v) is 4.27. The lowest BCUT2D eigenvalue weighted by Crippen LogP contribution is -2.35. The fourth-order valence-electron chi connectivity index (χ4n) is 4.07. The van der Waals surface area contributed by atoms with Crippen LogP contribution in [-0.2, 0) is 9.59 Å². The summed E-state index contributed by atoms with van der Waals surface area (Å²) in [6, 6.07) is 13.0. The van der Waals surface area contributed by atoms with Crippen LogP contribution in [0.25, 0.3) is 0 Å². The minimum Gasteiger partial charge on any atom is -0.362 e. The number of amides is 1. The summed E-state index contributed by atoms with van der Waals surface area (Å²) in [7, 11) is 0. The highest BCUT2D eigenvalue weighted by Crippen LogP contribution is 2.42. The summed E-state index contributed by atoms with van der Waals surface area (Å²) in [5.74, 6) is -1.30. The zero-order valence-electron chi connectivity index (χ0n) is 15.9. The van der Waals surface area contributed by atoms with Crippen LogP contribution in [0, 0.1) is 5.82 Å². The van der Waals surface area contributed by atoms with Gasteiger partial charge in [-0.3, -0.25) is 9.59 Å². The number of carbonyl (C=O) groups is 2. The Morgan fingerprint density at radius 1 is 1.17 bits per heavy atom. The third-order valence-electron chi connectivity index (χ3n) is 5.29. The van der Waals surface area contributed by atoms with Gasteiger partial charge >= 0.3 is 0 Å². The van der Waals surface area contributed by atoms with Crippen molar-refractivity contribution in [2.45, 2.75) is 32.1 Å². The Labute approximate surface area is 173 Å². The van der Waals surface area contributed by atoms with E-state index in [2.05, 4.69) is 10.6 Å². The quantitative estimate of drug-likeness (QED) is 0.741. The van der Waals surface area contributed by atoms with E-state index in [0.29, 0.717) is 34.0 Å². The lowest BCUT2D eigenvalue weighted by molar-refractivity contribution is -0.116. The highest BCUT2D eigenvalue weighted by Gasteiger charge is 2.38. The van der Waals surface area contributed by atoms with E-state index < -0.39 is 11.7 Å². The van der Waals surface area contributed by atoms with E-state index in [-0.39, 0.29) is 11.7 Å². The molecular formula is C23H20ClFN2O2. The molecule has 1 aliphatic carbocycles. The molecule has 2 aromatic carbocycles. The van der Waals surface area contributed by atoms with E-state index in [9.17, 15) is 14.0 Å². The van der Waals surface area contributed by atoms with Gasteiger partial charge in [-0.2, -0.15) is 0 Å². The first-order chi connectivity index (χ1) is 13.9. The number of Topliss-reactive ketones (excluding diaryl/α,β-unsaturated/α-hetero) is 1. The average molecular weight is 411 g/mol. The number of benzene rings is 2. The summed E-state index contributed by atoms with van der Waals surface area (Å²) >= 11 is 6.21. The molecule has 0 bridgehead atoms. The van der Waals surface area contributed by atoms with E-state index in [1.807, 2.05) is 19.1 Å². The Morgan fingerprint density at radius 3 is 2.72 bits per heavy atom. The maximum Gasteiger partial charge on any atom is 0.254 e. The van der Waals surface area contributed by atoms with Crippen LogP contribution in [0.1, 0.15) is 37.7 Å². The van der Waals surface area contributed by atoms with Gasteiger partial charge in [-0.05, 0) is 55.7 Å². The standard InChI is InChI=1S/C23H20ClFN2O2/c1-13-20(23(29)27-17-8-3-7-16(25)12-17)21(14-5-2-6-15(24)11-14)22-18(26-13)9-4-10-19(22)28/h2-3,5-8,11-12,21,26H,4,9-10H2,1H3,(H,27,29)/t21-/m1/s1. The van der Waals surface area contributed by atoms with Crippen LogP contribution in [0.15, 0.2) is 71.1 Å². The van der Waals surface area contributed by atoms with Gasteiger partial charge < -0.3 is 10.6 Å². The third-order valence-corrected chi connectivity index (χ3v) is 5.52. The van der Waals surface area contributed by atoms with Crippen molar-refractivity contribution < 1.29 is 14.0 Å². The van der Waals surface area contributed by atoms with E-state index >= 15 is 0 Å². The first kappa shape index (κ1) is 19.4. The predicted octanol–water partition coefficient (Wildman–Crippen LogP) is 5.09. The lowest BCUT2D eigenvalue weighted by atomic mass is 9.75. The molecule has 0 spiro atoms. The molecule has 148 valence electrons. The van der Waals surface area contributed by atoms with Crippen molar-refractivity contribution in [3.05, 3.63) is 87.5 Å². The molecule has 1 aliphatic heterocycles. The Hall–Kier alpha value is -2.92. The van der Waals surface area contributed by atoms with Gasteiger partial charge in [0.1, 0.15) is 5.82 Å². The van der Waals surface area contributed by atoms with Gasteiger partial charge in [-0.25, -0.2) is 4.39 Å². The molecule has 1 atom stereocenters. The molecule has 2 N–H and O–H groups in total. The van der Waals surface area contributed by atoms with Crippen LogP contribution < -0.4 is 10.6 Å². The molecule has 0 aromatic heterocycles. The molecule has 6 heteroatoms. The van der Waals surface area contributed by atoms with Gasteiger partial charge in [0.2, 0.25) is 0 Å². The molecule has 1 amide bonds. The highest BCUT2D eigenvalue weighted by molar-refractivity contribution is 6.30. The number of rotatable bonds is 3. The highest BCUT2D eigenvalue weighted by atomic mass is 35.5. The van der Waals surface area contributed by atoms with Gasteiger partial charge in [0.15, 0.2) is 5.78 Å². The Balaban J connectivity index is 1.79. The Bertz CT molecular complexity index is 1070. The van der Waals surface area contributed by atoms with Crippen molar-refractivity contribution in [2.24, 2.45) is 0 Å². The molecular weight excluding hydrogens is 391 g/mol. The Morgan fingerprint density at radius 2 is 1.97 bits per heavy atom. The van der Waals surface area contributed by atoms with E-state index in [4.69, 9.17) is 11.6 Å². The van der Waals surface area contributed by atoms with Gasteiger partial charge in [0.25, 0.3) is 5.91 Å². The van der Waals surface area contributed by atoms with Crippen molar-refractivity contribution >= 4 is 29.0 Å². The smallest absolute Gasteiger partial charge is 0.254 e. The second kappa shape index (κ2) is 7.84. The lowest BCUT2D eigenvalue weighted by Gasteiger charge is -2.34. The summed E-state index contributed by atoms with van der Waals surface area (Å²) in [6.45, 7) is 1.82. The third kappa shape index (κ3) is 3.83. The van der Waals surface area contributed by atoms with Crippen LogP contribution >= 0.6 is 11.6 Å². The van der Waals surface area contributed by atoms with Gasteiger partial charge in [-0.1, -0.05) is 29.8 Å². The predicted molar refractivity (Wildman–Crippen MR) is 111 cm³/mol. The monoisotopic (exact) mass is 410 g/mol. The summed E-state index contributed by atoms with van der Waals surface area (Å²) in [4.78, 5) is 26.1. The van der Waals surface area contributed by atoms with Crippen molar-refractivity contribution in [3.63, 3.8) is 0 Å².